The number of anilines is 1. The summed E-state index contributed by atoms with van der Waals surface area (Å²) in [4.78, 5) is 4.43. The molecule has 0 aliphatic heterocycles. The van der Waals surface area contributed by atoms with Gasteiger partial charge in [-0.25, -0.2) is 0 Å². The Bertz CT molecular complexity index is 528. The molecule has 2 heterocycles. The average molecular weight is 230 g/mol. The maximum absolute atomic E-state index is 4.43. The largest absolute Gasteiger partial charge is 0.379 e. The van der Waals surface area contributed by atoms with Crippen LogP contribution in [-0.4, -0.2) is 14.8 Å². The summed E-state index contributed by atoms with van der Waals surface area (Å²) in [5, 5.41) is 7.62. The first-order valence-corrected chi connectivity index (χ1v) is 5.73. The number of aryl methyl sites for hydroxylation is 3. The van der Waals surface area contributed by atoms with Crippen LogP contribution in [0, 0.1) is 20.8 Å². The van der Waals surface area contributed by atoms with Crippen LogP contribution in [0.25, 0.3) is 0 Å². The van der Waals surface area contributed by atoms with Crippen LogP contribution in [0.3, 0.4) is 0 Å². The van der Waals surface area contributed by atoms with Crippen LogP contribution in [0.5, 0.6) is 0 Å². The Hall–Kier alpha value is -1.84. The van der Waals surface area contributed by atoms with Gasteiger partial charge >= 0.3 is 0 Å². The Morgan fingerprint density at radius 3 is 2.59 bits per heavy atom. The lowest BCUT2D eigenvalue weighted by molar-refractivity contribution is 0.738. The molecule has 0 aliphatic rings. The van der Waals surface area contributed by atoms with E-state index in [9.17, 15) is 0 Å². The lowest BCUT2D eigenvalue weighted by Gasteiger charge is -2.09. The molecule has 0 aromatic carbocycles. The second-order valence-corrected chi connectivity index (χ2v) is 4.32. The quantitative estimate of drug-likeness (QED) is 0.880. The maximum Gasteiger partial charge on any atom is 0.0606 e. The Morgan fingerprint density at radius 1 is 1.24 bits per heavy atom. The van der Waals surface area contributed by atoms with Gasteiger partial charge in [-0.1, -0.05) is 0 Å². The number of nitrogens with zero attached hydrogens (tertiary/aromatic N) is 3. The highest BCUT2D eigenvalue weighted by Crippen LogP contribution is 2.15. The molecule has 0 fully saturated rings. The maximum atomic E-state index is 4.43. The van der Waals surface area contributed by atoms with Crippen LogP contribution in [0.4, 0.5) is 5.69 Å². The highest BCUT2D eigenvalue weighted by molar-refractivity contribution is 5.48. The van der Waals surface area contributed by atoms with Crippen LogP contribution >= 0.6 is 0 Å². The first kappa shape index (κ1) is 11.6. The van der Waals surface area contributed by atoms with Crippen molar-refractivity contribution in [2.75, 3.05) is 5.32 Å². The highest BCUT2D eigenvalue weighted by Gasteiger charge is 2.04. The number of nitrogens with one attached hydrogen (secondary N) is 1. The zero-order valence-corrected chi connectivity index (χ0v) is 10.8. The Kier molecular flexibility index (Phi) is 3.13. The van der Waals surface area contributed by atoms with E-state index in [0.29, 0.717) is 0 Å². The monoisotopic (exact) mass is 230 g/mol. The van der Waals surface area contributed by atoms with Crippen LogP contribution in [0.1, 0.15) is 22.6 Å². The average Bonchev–Trinajstić information content (AvgIpc) is 2.59. The van der Waals surface area contributed by atoms with E-state index in [-0.39, 0.29) is 0 Å². The van der Waals surface area contributed by atoms with E-state index in [1.54, 1.807) is 0 Å². The SMILES string of the molecule is Cc1ccc(NCc2cnn(C)c2C)c(C)n1. The first-order valence-electron chi connectivity index (χ1n) is 5.73. The number of pyridine rings is 1. The molecule has 0 atom stereocenters. The molecular weight excluding hydrogens is 212 g/mol. The smallest absolute Gasteiger partial charge is 0.0606 e. The molecule has 17 heavy (non-hydrogen) atoms. The van der Waals surface area contributed by atoms with Crippen LogP contribution in [0.15, 0.2) is 18.3 Å². The van der Waals surface area contributed by atoms with Gasteiger partial charge in [0.2, 0.25) is 0 Å². The number of aromatic nitrogens is 3. The lowest BCUT2D eigenvalue weighted by Crippen LogP contribution is -2.04. The van der Waals surface area contributed by atoms with Crippen molar-refractivity contribution in [3.63, 3.8) is 0 Å². The molecule has 0 unspecified atom stereocenters. The first-order chi connectivity index (χ1) is 8.08. The third-order valence-electron chi connectivity index (χ3n) is 3.03. The molecular formula is C13H18N4. The minimum Gasteiger partial charge on any atom is -0.379 e. The molecule has 0 aliphatic carbocycles. The van der Waals surface area contributed by atoms with Gasteiger partial charge in [0.25, 0.3) is 0 Å². The van der Waals surface area contributed by atoms with Gasteiger partial charge in [0.05, 0.1) is 17.6 Å². The molecule has 90 valence electrons. The van der Waals surface area contributed by atoms with Crippen molar-refractivity contribution in [2.24, 2.45) is 7.05 Å². The van der Waals surface area contributed by atoms with Gasteiger partial charge in [0, 0.05) is 30.5 Å². The van der Waals surface area contributed by atoms with Gasteiger partial charge in [-0.2, -0.15) is 5.10 Å². The second-order valence-electron chi connectivity index (χ2n) is 4.32. The van der Waals surface area contributed by atoms with Crippen molar-refractivity contribution in [1.29, 1.82) is 0 Å². The molecule has 4 nitrogen and oxygen atoms in total. The summed E-state index contributed by atoms with van der Waals surface area (Å²) in [5.74, 6) is 0. The van der Waals surface area contributed by atoms with E-state index in [0.717, 1.165) is 23.6 Å². The summed E-state index contributed by atoms with van der Waals surface area (Å²) in [7, 11) is 1.96. The third kappa shape index (κ3) is 2.46. The summed E-state index contributed by atoms with van der Waals surface area (Å²) < 4.78 is 1.89. The minimum atomic E-state index is 0.783. The number of rotatable bonds is 3. The van der Waals surface area contributed by atoms with Gasteiger partial charge in [-0.15, -0.1) is 0 Å². The van der Waals surface area contributed by atoms with Gasteiger partial charge in [-0.3, -0.25) is 9.67 Å². The molecule has 2 rings (SSSR count). The van der Waals surface area contributed by atoms with E-state index in [2.05, 4.69) is 28.4 Å². The van der Waals surface area contributed by atoms with Crippen LogP contribution in [0.2, 0.25) is 0 Å². The number of hydrogen-bond donors (Lipinski definition) is 1. The topological polar surface area (TPSA) is 42.7 Å². The molecule has 0 bridgehead atoms. The standard InChI is InChI=1S/C13H18N4/c1-9-5-6-13(10(2)16-9)14-7-12-8-15-17(4)11(12)3/h5-6,8,14H,7H2,1-4H3. The molecule has 0 spiro atoms. The van der Waals surface area contributed by atoms with Crippen molar-refractivity contribution in [1.82, 2.24) is 14.8 Å². The van der Waals surface area contributed by atoms with Crippen molar-refractivity contribution in [3.8, 4) is 0 Å². The zero-order valence-electron chi connectivity index (χ0n) is 10.8. The summed E-state index contributed by atoms with van der Waals surface area (Å²) in [6.45, 7) is 6.88. The molecule has 2 aromatic heterocycles. The van der Waals surface area contributed by atoms with E-state index in [1.807, 2.05) is 37.8 Å². The van der Waals surface area contributed by atoms with Crippen molar-refractivity contribution in [2.45, 2.75) is 27.3 Å². The summed E-state index contributed by atoms with van der Waals surface area (Å²) in [6, 6.07) is 4.09. The molecule has 0 saturated carbocycles. The van der Waals surface area contributed by atoms with E-state index < -0.39 is 0 Å². The third-order valence-corrected chi connectivity index (χ3v) is 3.03. The molecule has 1 N–H and O–H groups in total. The van der Waals surface area contributed by atoms with Gasteiger partial charge in [-0.05, 0) is 32.9 Å². The fourth-order valence-corrected chi connectivity index (χ4v) is 1.78. The van der Waals surface area contributed by atoms with Crippen LogP contribution in [-0.2, 0) is 13.6 Å². The van der Waals surface area contributed by atoms with Crippen molar-refractivity contribution in [3.05, 3.63) is 41.0 Å². The normalized spacial score (nSPS) is 10.6. The Balaban J connectivity index is 2.10. The summed E-state index contributed by atoms with van der Waals surface area (Å²) in [6.07, 6.45) is 1.90. The summed E-state index contributed by atoms with van der Waals surface area (Å²) >= 11 is 0. The van der Waals surface area contributed by atoms with Crippen LogP contribution < -0.4 is 5.32 Å². The van der Waals surface area contributed by atoms with Gasteiger partial charge in [0.1, 0.15) is 0 Å². The lowest BCUT2D eigenvalue weighted by atomic mass is 10.2. The molecule has 0 amide bonds. The molecule has 2 aromatic rings. The predicted octanol–water partition coefficient (Wildman–Crippen LogP) is 2.35. The zero-order chi connectivity index (χ0) is 12.4. The van der Waals surface area contributed by atoms with Gasteiger partial charge < -0.3 is 5.32 Å². The number of hydrogen-bond acceptors (Lipinski definition) is 3. The highest BCUT2D eigenvalue weighted by atomic mass is 15.3. The Morgan fingerprint density at radius 2 is 2.00 bits per heavy atom. The molecule has 0 saturated heterocycles. The van der Waals surface area contributed by atoms with E-state index >= 15 is 0 Å². The van der Waals surface area contributed by atoms with Crippen molar-refractivity contribution < 1.29 is 0 Å². The fourth-order valence-electron chi connectivity index (χ4n) is 1.78. The minimum absolute atomic E-state index is 0.783. The van der Waals surface area contributed by atoms with Crippen molar-refractivity contribution >= 4 is 5.69 Å². The molecule has 4 heteroatoms. The van der Waals surface area contributed by atoms with Gasteiger partial charge in [0.15, 0.2) is 0 Å². The van der Waals surface area contributed by atoms with E-state index in [4.69, 9.17) is 0 Å². The predicted molar refractivity (Wildman–Crippen MR) is 69.0 cm³/mol. The second kappa shape index (κ2) is 4.57. The molecule has 0 radical (unpaired) electrons. The van der Waals surface area contributed by atoms with E-state index in [1.165, 1.54) is 11.3 Å². The fraction of sp³-hybridized carbons (Fsp3) is 0.385. The summed E-state index contributed by atoms with van der Waals surface area (Å²) in [5.41, 5.74) is 5.57. The Labute approximate surface area is 102 Å².